The minimum absolute atomic E-state index is 0. The Morgan fingerprint density at radius 3 is 2.80 bits per heavy atom. The van der Waals surface area contributed by atoms with Gasteiger partial charge in [-0.15, -0.1) is 0 Å². The Balaban J connectivity index is 0.00000370. The smallest absolute Gasteiger partial charge is 0.434 e. The Morgan fingerprint density at radius 1 is 1.23 bits per heavy atom. The van der Waals surface area contributed by atoms with Gasteiger partial charge in [0.2, 0.25) is 6.73 Å². The van der Waals surface area contributed by atoms with E-state index in [-0.39, 0.29) is 31.5 Å². The molecule has 0 spiro atoms. The number of aromatic nitrogens is 3. The molecule has 0 amide bonds. The van der Waals surface area contributed by atoms with Crippen LogP contribution in [0.25, 0.3) is 11.0 Å². The molecule has 40 heavy (non-hydrogen) atoms. The summed E-state index contributed by atoms with van der Waals surface area (Å²) >= 11 is 0. The van der Waals surface area contributed by atoms with E-state index >= 15 is 0 Å². The summed E-state index contributed by atoms with van der Waals surface area (Å²) in [6.07, 6.45) is 6.13. The first-order valence-electron chi connectivity index (χ1n) is 14.2. The molecule has 0 radical (unpaired) electrons. The quantitative estimate of drug-likeness (QED) is 0.149. The number of fused-ring (bicyclic) bond motifs is 2. The minimum Gasteiger partial charge on any atom is -0.434 e. The first kappa shape index (κ1) is 29.7. The molecule has 2 aromatic heterocycles. The number of rotatable bonds is 9. The predicted molar refractivity (Wildman–Crippen MR) is 149 cm³/mol. The second-order valence-electron chi connectivity index (χ2n) is 11.0. The van der Waals surface area contributed by atoms with Crippen molar-refractivity contribution in [2.45, 2.75) is 77.7 Å². The highest BCUT2D eigenvalue weighted by atomic mass is 19.1. The number of carbonyl (C=O) groups excluding carboxylic acids is 1. The fraction of sp³-hybridized carbons (Fsp3) is 0.567. The molecule has 0 atom stereocenters. The van der Waals surface area contributed by atoms with Gasteiger partial charge < -0.3 is 21.4 Å². The number of likely N-dealkylation sites (tertiary alicyclic amines) is 1. The van der Waals surface area contributed by atoms with Gasteiger partial charge in [-0.05, 0) is 38.3 Å². The van der Waals surface area contributed by atoms with E-state index in [1.807, 2.05) is 18.4 Å². The van der Waals surface area contributed by atoms with Gasteiger partial charge in [0.1, 0.15) is 11.6 Å². The molecule has 0 unspecified atom stereocenters. The van der Waals surface area contributed by atoms with Crippen molar-refractivity contribution in [2.75, 3.05) is 33.0 Å². The molecular weight excluding hydrogens is 515 g/mol. The second-order valence-corrected chi connectivity index (χ2v) is 11.0. The average molecular weight is 557 g/mol. The second kappa shape index (κ2) is 12.9. The first-order chi connectivity index (χ1) is 18.9. The number of unbranched alkanes of at least 4 members (excludes halogenated alkanes) is 1. The summed E-state index contributed by atoms with van der Waals surface area (Å²) in [5.74, 6) is 0.683. The van der Waals surface area contributed by atoms with Crippen LogP contribution in [-0.2, 0) is 28.9 Å². The van der Waals surface area contributed by atoms with Crippen molar-refractivity contribution in [3.63, 3.8) is 0 Å². The number of aryl methyl sites for hydroxylation is 2. The fourth-order valence-electron chi connectivity index (χ4n) is 5.93. The number of hydrogen-bond acceptors (Lipinski definition) is 7. The molecule has 4 heterocycles. The Hall–Kier alpha value is -3.27. The molecule has 9 nitrogen and oxygen atoms in total. The summed E-state index contributed by atoms with van der Waals surface area (Å²) in [6.45, 7) is 7.32. The van der Waals surface area contributed by atoms with Crippen LogP contribution in [0.1, 0.15) is 74.1 Å². The van der Waals surface area contributed by atoms with Gasteiger partial charge in [-0.2, -0.15) is 0 Å². The molecule has 0 N–H and O–H groups in total. The zero-order chi connectivity index (χ0) is 27.4. The average Bonchev–Trinajstić information content (AvgIpc) is 3.35. The van der Waals surface area contributed by atoms with Crippen molar-refractivity contribution in [3.8, 4) is 0 Å². The molecule has 218 valence electrons. The van der Waals surface area contributed by atoms with Crippen LogP contribution in [0.5, 0.6) is 0 Å². The molecule has 0 saturated carbocycles. The van der Waals surface area contributed by atoms with Crippen LogP contribution in [0, 0.1) is 20.2 Å². The third-order valence-corrected chi connectivity index (χ3v) is 8.34. The van der Waals surface area contributed by atoms with E-state index in [1.165, 1.54) is 12.1 Å². The predicted octanol–water partition coefficient (Wildman–Crippen LogP) is 5.47. The Bertz CT molecular complexity index is 1380. The first-order valence-corrected chi connectivity index (χ1v) is 14.2. The van der Waals surface area contributed by atoms with Gasteiger partial charge in [-0.25, -0.2) is 14.2 Å². The molecule has 2 aliphatic heterocycles. The summed E-state index contributed by atoms with van der Waals surface area (Å²) in [5.41, 5.74) is 2.89. The standard InChI is InChI=1S/C29H38FN4O5.CH3/c1-3-4-17-37-29(36)38-19-34(16-12-23-20(2)31-26-7-5-6-13-33(26)28(23)35)14-10-21(11-15-34)27-24-9-8-22(30)18-25(24)39-32-27;/h8-9,18,21H,3-7,10-17,19H2,1-2H3;1H3/q+1;-1. The Labute approximate surface area is 234 Å². The van der Waals surface area contributed by atoms with E-state index in [2.05, 4.69) is 5.16 Å². The van der Waals surface area contributed by atoms with Crippen molar-refractivity contribution >= 4 is 17.1 Å². The number of ether oxygens (including phenoxy) is 2. The highest BCUT2D eigenvalue weighted by molar-refractivity contribution is 5.79. The molecule has 1 saturated heterocycles. The summed E-state index contributed by atoms with van der Waals surface area (Å²) in [5, 5.41) is 5.11. The van der Waals surface area contributed by atoms with Crippen LogP contribution in [0.15, 0.2) is 27.5 Å². The SMILES string of the molecule is CCCCOC(=O)OC[N+]1(CCc2c(C)nc3n(c2=O)CCCC3)CCC(c2noc3cc(F)ccc23)CC1.[CH3-]. The lowest BCUT2D eigenvalue weighted by Gasteiger charge is -2.42. The van der Waals surface area contributed by atoms with Gasteiger partial charge >= 0.3 is 6.16 Å². The lowest BCUT2D eigenvalue weighted by molar-refractivity contribution is -0.948. The lowest BCUT2D eigenvalue weighted by Crippen LogP contribution is -2.55. The number of carbonyl (C=O) groups is 1. The maximum atomic E-state index is 13.6. The van der Waals surface area contributed by atoms with Gasteiger partial charge in [-0.1, -0.05) is 18.5 Å². The van der Waals surface area contributed by atoms with Crippen LogP contribution >= 0.6 is 0 Å². The third-order valence-electron chi connectivity index (χ3n) is 8.34. The number of benzene rings is 1. The normalized spacial score (nSPS) is 20.5. The van der Waals surface area contributed by atoms with Crippen LogP contribution in [-0.4, -0.2) is 58.3 Å². The molecule has 1 aromatic carbocycles. The van der Waals surface area contributed by atoms with E-state index in [9.17, 15) is 14.0 Å². The Kier molecular flexibility index (Phi) is 9.60. The largest absolute Gasteiger partial charge is 0.512 e. The van der Waals surface area contributed by atoms with E-state index in [4.69, 9.17) is 19.0 Å². The third kappa shape index (κ3) is 6.37. The molecule has 10 heteroatoms. The van der Waals surface area contributed by atoms with Crippen LogP contribution in [0.4, 0.5) is 9.18 Å². The minimum atomic E-state index is -0.653. The number of halogens is 1. The maximum absolute atomic E-state index is 13.6. The summed E-state index contributed by atoms with van der Waals surface area (Å²) < 4.78 is 32.3. The highest BCUT2D eigenvalue weighted by Gasteiger charge is 2.38. The summed E-state index contributed by atoms with van der Waals surface area (Å²) in [6, 6.07) is 4.51. The zero-order valence-electron chi connectivity index (χ0n) is 23.9. The van der Waals surface area contributed by atoms with Crippen molar-refractivity contribution in [1.82, 2.24) is 14.7 Å². The number of piperidine rings is 1. The van der Waals surface area contributed by atoms with Crippen LogP contribution in [0.3, 0.4) is 0 Å². The summed E-state index contributed by atoms with van der Waals surface area (Å²) in [4.78, 5) is 30.4. The van der Waals surface area contributed by atoms with Gasteiger partial charge in [0.05, 0.1) is 31.9 Å². The van der Waals surface area contributed by atoms with Crippen molar-refractivity contribution in [1.29, 1.82) is 0 Å². The molecule has 0 aliphatic carbocycles. The van der Waals surface area contributed by atoms with E-state index < -0.39 is 6.16 Å². The van der Waals surface area contributed by atoms with E-state index in [0.29, 0.717) is 29.6 Å². The molecule has 1 fully saturated rings. The topological polar surface area (TPSA) is 96.5 Å². The van der Waals surface area contributed by atoms with E-state index in [0.717, 1.165) is 92.7 Å². The molecule has 0 bridgehead atoms. The highest BCUT2D eigenvalue weighted by Crippen LogP contribution is 2.35. The molecule has 5 rings (SSSR count). The maximum Gasteiger partial charge on any atom is 0.512 e. The molecule has 3 aromatic rings. The van der Waals surface area contributed by atoms with Gasteiger partial charge in [0, 0.05) is 60.9 Å². The van der Waals surface area contributed by atoms with Gasteiger partial charge in [-0.3, -0.25) is 13.8 Å². The summed E-state index contributed by atoms with van der Waals surface area (Å²) in [7, 11) is 0. The van der Waals surface area contributed by atoms with Gasteiger partial charge in [0.25, 0.3) is 5.56 Å². The fourth-order valence-corrected chi connectivity index (χ4v) is 5.93. The number of hydrogen-bond donors (Lipinski definition) is 0. The monoisotopic (exact) mass is 556 g/mol. The van der Waals surface area contributed by atoms with Gasteiger partial charge in [0.15, 0.2) is 5.58 Å². The van der Waals surface area contributed by atoms with Crippen molar-refractivity contribution in [3.05, 3.63) is 64.6 Å². The Morgan fingerprint density at radius 2 is 2.02 bits per heavy atom. The molecular formula is C30H41FN4O5. The van der Waals surface area contributed by atoms with Crippen molar-refractivity contribution in [2.24, 2.45) is 0 Å². The zero-order valence-corrected chi connectivity index (χ0v) is 23.9. The van der Waals surface area contributed by atoms with Crippen LogP contribution < -0.4 is 5.56 Å². The molecule has 2 aliphatic rings. The lowest BCUT2D eigenvalue weighted by atomic mass is 9.90. The number of nitrogens with zero attached hydrogens (tertiary/aromatic N) is 4. The number of quaternary nitrogens is 1. The van der Waals surface area contributed by atoms with E-state index in [1.54, 1.807) is 6.07 Å². The van der Waals surface area contributed by atoms with Crippen molar-refractivity contribution < 1.29 is 27.7 Å². The van der Waals surface area contributed by atoms with Crippen LogP contribution in [0.2, 0.25) is 0 Å².